The van der Waals surface area contributed by atoms with Gasteiger partial charge < -0.3 is 10.1 Å². The highest BCUT2D eigenvalue weighted by atomic mass is 79.9. The number of ether oxygens (including phenoxy) is 1. The Hall–Kier alpha value is -0.260. The summed E-state index contributed by atoms with van der Waals surface area (Å²) in [5.41, 5.74) is 1.37. The second-order valence-electron chi connectivity index (χ2n) is 4.18. The van der Waals surface area contributed by atoms with Crippen LogP contribution in [0.2, 0.25) is 10.0 Å². The molecular formula is C14H14BrCl2NOS. The van der Waals surface area contributed by atoms with Crippen LogP contribution in [0.15, 0.2) is 33.4 Å². The maximum atomic E-state index is 6.08. The van der Waals surface area contributed by atoms with E-state index >= 15 is 0 Å². The van der Waals surface area contributed by atoms with Crippen LogP contribution in [0.4, 0.5) is 0 Å². The van der Waals surface area contributed by atoms with Crippen LogP contribution in [0.3, 0.4) is 0 Å². The van der Waals surface area contributed by atoms with E-state index in [0.717, 1.165) is 24.0 Å². The van der Waals surface area contributed by atoms with Crippen molar-refractivity contribution >= 4 is 50.5 Å². The van der Waals surface area contributed by atoms with Crippen LogP contribution in [0, 0.1) is 0 Å². The molecule has 0 radical (unpaired) electrons. The van der Waals surface area contributed by atoms with Crippen LogP contribution in [-0.4, -0.2) is 19.7 Å². The monoisotopic (exact) mass is 393 g/mol. The molecule has 0 bridgehead atoms. The predicted molar refractivity (Wildman–Crippen MR) is 90.5 cm³/mol. The van der Waals surface area contributed by atoms with Gasteiger partial charge in [-0.05, 0) is 57.4 Å². The number of hydrogen-bond donors (Lipinski definition) is 1. The first kappa shape index (κ1) is 16.1. The van der Waals surface area contributed by atoms with E-state index in [4.69, 9.17) is 27.9 Å². The molecule has 0 saturated carbocycles. The minimum Gasteiger partial charge on any atom is -0.491 e. The molecule has 0 amide bonds. The third-order valence-corrected chi connectivity index (χ3v) is 4.91. The Labute approximate surface area is 141 Å². The zero-order valence-corrected chi connectivity index (χ0v) is 14.6. The SMILES string of the molecule is Clc1cc(OCCNCCc2ccsc2)c(Cl)cc1Br. The molecule has 1 N–H and O–H groups in total. The van der Waals surface area contributed by atoms with Gasteiger partial charge in [0.15, 0.2) is 0 Å². The molecule has 0 aliphatic heterocycles. The second kappa shape index (κ2) is 8.25. The van der Waals surface area contributed by atoms with Gasteiger partial charge in [-0.3, -0.25) is 0 Å². The second-order valence-corrected chi connectivity index (χ2v) is 6.63. The highest BCUT2D eigenvalue weighted by Gasteiger charge is 2.06. The molecule has 0 spiro atoms. The van der Waals surface area contributed by atoms with Crippen LogP contribution in [0.25, 0.3) is 0 Å². The van der Waals surface area contributed by atoms with E-state index in [1.807, 2.05) is 0 Å². The normalized spacial score (nSPS) is 10.8. The van der Waals surface area contributed by atoms with Crippen molar-refractivity contribution in [3.8, 4) is 5.75 Å². The number of rotatable bonds is 7. The number of thiophene rings is 1. The van der Waals surface area contributed by atoms with E-state index < -0.39 is 0 Å². The molecule has 1 heterocycles. The van der Waals surface area contributed by atoms with Crippen LogP contribution >= 0.6 is 50.5 Å². The number of halogens is 3. The lowest BCUT2D eigenvalue weighted by Crippen LogP contribution is -2.23. The third-order valence-electron chi connectivity index (χ3n) is 2.68. The molecule has 0 fully saturated rings. The molecule has 6 heteroatoms. The molecule has 0 aliphatic carbocycles. The first-order valence-electron chi connectivity index (χ1n) is 6.16. The van der Waals surface area contributed by atoms with Gasteiger partial charge in [-0.1, -0.05) is 23.2 Å². The Kier molecular flexibility index (Phi) is 6.65. The van der Waals surface area contributed by atoms with E-state index in [-0.39, 0.29) is 0 Å². The number of benzene rings is 1. The zero-order chi connectivity index (χ0) is 14.4. The van der Waals surface area contributed by atoms with Crippen molar-refractivity contribution in [2.45, 2.75) is 6.42 Å². The van der Waals surface area contributed by atoms with Gasteiger partial charge in [0.25, 0.3) is 0 Å². The summed E-state index contributed by atoms with van der Waals surface area (Å²) >= 11 is 17.1. The highest BCUT2D eigenvalue weighted by Crippen LogP contribution is 2.33. The Morgan fingerprint density at radius 1 is 1.20 bits per heavy atom. The van der Waals surface area contributed by atoms with Gasteiger partial charge in [-0.2, -0.15) is 11.3 Å². The maximum absolute atomic E-state index is 6.08. The molecule has 108 valence electrons. The van der Waals surface area contributed by atoms with Crippen molar-refractivity contribution in [2.75, 3.05) is 19.7 Å². The smallest absolute Gasteiger partial charge is 0.139 e. The Balaban J connectivity index is 1.67. The van der Waals surface area contributed by atoms with Crippen LogP contribution in [-0.2, 0) is 6.42 Å². The van der Waals surface area contributed by atoms with Gasteiger partial charge in [0, 0.05) is 17.1 Å². The lowest BCUT2D eigenvalue weighted by atomic mass is 10.2. The molecular weight excluding hydrogens is 381 g/mol. The first-order chi connectivity index (χ1) is 9.66. The van der Waals surface area contributed by atoms with Crippen LogP contribution < -0.4 is 10.1 Å². The van der Waals surface area contributed by atoms with Gasteiger partial charge in [-0.15, -0.1) is 0 Å². The van der Waals surface area contributed by atoms with E-state index in [1.165, 1.54) is 5.56 Å². The molecule has 20 heavy (non-hydrogen) atoms. The molecule has 0 saturated heterocycles. The van der Waals surface area contributed by atoms with Gasteiger partial charge in [0.2, 0.25) is 0 Å². The summed E-state index contributed by atoms with van der Waals surface area (Å²) < 4.78 is 6.38. The van der Waals surface area contributed by atoms with Crippen molar-refractivity contribution in [3.63, 3.8) is 0 Å². The van der Waals surface area contributed by atoms with E-state index in [0.29, 0.717) is 22.4 Å². The minimum absolute atomic E-state index is 0.555. The average molecular weight is 395 g/mol. The minimum atomic E-state index is 0.555. The summed E-state index contributed by atoms with van der Waals surface area (Å²) in [5.74, 6) is 0.611. The molecule has 2 rings (SSSR count). The molecule has 2 aromatic rings. The number of nitrogens with one attached hydrogen (secondary N) is 1. The summed E-state index contributed by atoms with van der Waals surface area (Å²) in [7, 11) is 0. The topological polar surface area (TPSA) is 21.3 Å². The molecule has 2 nitrogen and oxygen atoms in total. The van der Waals surface area contributed by atoms with Crippen molar-refractivity contribution in [3.05, 3.63) is 49.0 Å². The highest BCUT2D eigenvalue weighted by molar-refractivity contribution is 9.10. The van der Waals surface area contributed by atoms with Crippen molar-refractivity contribution in [1.29, 1.82) is 0 Å². The molecule has 1 aromatic heterocycles. The first-order valence-corrected chi connectivity index (χ1v) is 8.65. The van der Waals surface area contributed by atoms with Gasteiger partial charge in [0.1, 0.15) is 12.4 Å². The van der Waals surface area contributed by atoms with Crippen LogP contribution in [0.5, 0.6) is 5.75 Å². The number of hydrogen-bond acceptors (Lipinski definition) is 3. The summed E-state index contributed by atoms with van der Waals surface area (Å²) in [5, 5.41) is 8.74. The van der Waals surface area contributed by atoms with E-state index in [2.05, 4.69) is 38.1 Å². The molecule has 0 atom stereocenters. The van der Waals surface area contributed by atoms with Crippen molar-refractivity contribution in [2.24, 2.45) is 0 Å². The molecule has 0 aliphatic rings. The quantitative estimate of drug-likeness (QED) is 0.525. The van der Waals surface area contributed by atoms with E-state index in [1.54, 1.807) is 23.5 Å². The zero-order valence-electron chi connectivity index (χ0n) is 10.7. The summed E-state index contributed by atoms with van der Waals surface area (Å²) in [6, 6.07) is 5.61. The van der Waals surface area contributed by atoms with E-state index in [9.17, 15) is 0 Å². The lowest BCUT2D eigenvalue weighted by Gasteiger charge is -2.10. The summed E-state index contributed by atoms with van der Waals surface area (Å²) in [6.07, 6.45) is 1.04. The van der Waals surface area contributed by atoms with Gasteiger partial charge in [0.05, 0.1) is 10.0 Å². The fraction of sp³-hybridized carbons (Fsp3) is 0.286. The summed E-state index contributed by atoms with van der Waals surface area (Å²) in [6.45, 7) is 2.27. The van der Waals surface area contributed by atoms with Crippen molar-refractivity contribution < 1.29 is 4.74 Å². The third kappa shape index (κ3) is 4.93. The molecule has 0 unspecified atom stereocenters. The lowest BCUT2D eigenvalue weighted by molar-refractivity contribution is 0.314. The largest absolute Gasteiger partial charge is 0.491 e. The Morgan fingerprint density at radius 2 is 2.05 bits per heavy atom. The Bertz CT molecular complexity index is 548. The predicted octanol–water partition coefficient (Wildman–Crippen LogP) is 5.03. The maximum Gasteiger partial charge on any atom is 0.139 e. The standard InChI is InChI=1S/C14H14BrCl2NOS/c15-11-7-13(17)14(8-12(11)16)19-5-4-18-3-1-10-2-6-20-9-10/h2,6-9,18H,1,3-5H2. The van der Waals surface area contributed by atoms with Crippen LogP contribution in [0.1, 0.15) is 5.56 Å². The van der Waals surface area contributed by atoms with Crippen molar-refractivity contribution in [1.82, 2.24) is 5.32 Å². The fourth-order valence-corrected chi connectivity index (χ4v) is 3.19. The van der Waals surface area contributed by atoms with Gasteiger partial charge in [-0.25, -0.2) is 0 Å². The summed E-state index contributed by atoms with van der Waals surface area (Å²) in [4.78, 5) is 0. The fourth-order valence-electron chi connectivity index (χ4n) is 1.64. The Morgan fingerprint density at radius 3 is 2.80 bits per heavy atom. The van der Waals surface area contributed by atoms with Gasteiger partial charge >= 0.3 is 0 Å². The average Bonchev–Trinajstić information content (AvgIpc) is 2.92. The molecule has 1 aromatic carbocycles.